The number of aromatic nitrogens is 1. The number of nitrogens with one attached hydrogen (secondary N) is 2. The van der Waals surface area contributed by atoms with Crippen LogP contribution in [0.25, 0.3) is 10.2 Å². The van der Waals surface area contributed by atoms with E-state index in [1.165, 1.54) is 37.0 Å². The van der Waals surface area contributed by atoms with Gasteiger partial charge in [-0.2, -0.15) is 4.98 Å². The smallest absolute Gasteiger partial charge is 0.349 e. The minimum atomic E-state index is -0.442. The zero-order chi connectivity index (χ0) is 19.8. The van der Waals surface area contributed by atoms with Gasteiger partial charge in [0.15, 0.2) is 0 Å². The minimum Gasteiger partial charge on any atom is -0.389 e. The number of fused-ring (bicyclic) bond motifs is 1. The molecule has 2 aromatic rings. The van der Waals surface area contributed by atoms with Gasteiger partial charge in [0.25, 0.3) is 11.9 Å². The van der Waals surface area contributed by atoms with E-state index in [0.717, 1.165) is 19.4 Å². The van der Waals surface area contributed by atoms with Crippen molar-refractivity contribution in [1.82, 2.24) is 10.3 Å². The lowest BCUT2D eigenvalue weighted by Crippen LogP contribution is -2.27. The first-order chi connectivity index (χ1) is 12.9. The summed E-state index contributed by atoms with van der Waals surface area (Å²) < 4.78 is 5.30. The van der Waals surface area contributed by atoms with Crippen molar-refractivity contribution in [3.63, 3.8) is 0 Å². The summed E-state index contributed by atoms with van der Waals surface area (Å²) in [6.45, 7) is 9.37. The van der Waals surface area contributed by atoms with Gasteiger partial charge in [0.2, 0.25) is 0 Å². The Morgan fingerprint density at radius 2 is 1.89 bits per heavy atom. The summed E-state index contributed by atoms with van der Waals surface area (Å²) in [7, 11) is 0. The van der Waals surface area contributed by atoms with E-state index >= 15 is 0 Å². The number of nitrogens with zero attached hydrogens (tertiary/aromatic N) is 1. The third kappa shape index (κ3) is 6.06. The lowest BCUT2D eigenvalue weighted by molar-refractivity contribution is 0.0952. The van der Waals surface area contributed by atoms with Crippen LogP contribution in [0.15, 0.2) is 9.21 Å². The number of unbranched alkanes of at least 4 members (excludes halogenated alkanes) is 5. The first-order valence-corrected chi connectivity index (χ1v) is 10.7. The molecule has 27 heavy (non-hydrogen) atoms. The van der Waals surface area contributed by atoms with Crippen LogP contribution in [-0.4, -0.2) is 24.0 Å². The highest BCUT2D eigenvalue weighted by molar-refractivity contribution is 7.20. The summed E-state index contributed by atoms with van der Waals surface area (Å²) in [6.07, 6.45) is 7.18. The maximum absolute atomic E-state index is 12.4. The molecule has 0 atom stereocenters. The Bertz CT molecular complexity index is 811. The van der Waals surface area contributed by atoms with E-state index in [1.54, 1.807) is 6.92 Å². The molecule has 2 aromatic heterocycles. The Labute approximate surface area is 164 Å². The van der Waals surface area contributed by atoms with Crippen LogP contribution in [-0.2, 0) is 0 Å². The van der Waals surface area contributed by atoms with E-state index in [-0.39, 0.29) is 11.9 Å². The van der Waals surface area contributed by atoms with E-state index in [2.05, 4.69) is 22.5 Å². The Hall–Kier alpha value is -1.89. The van der Waals surface area contributed by atoms with Gasteiger partial charge in [0, 0.05) is 13.1 Å². The fourth-order valence-corrected chi connectivity index (χ4v) is 3.92. The quantitative estimate of drug-likeness (QED) is 0.540. The summed E-state index contributed by atoms with van der Waals surface area (Å²) in [6, 6.07) is 0.233. The normalized spacial score (nSPS) is 11.3. The number of rotatable bonds is 11. The van der Waals surface area contributed by atoms with Crippen LogP contribution < -0.4 is 16.3 Å². The molecule has 2 N–H and O–H groups in total. The highest BCUT2D eigenvalue weighted by Gasteiger charge is 2.20. The van der Waals surface area contributed by atoms with E-state index in [1.807, 2.05) is 13.8 Å². The SMILES string of the molecule is CCCCCCCCNc1nc2sc(C(=O)NCC(C)C)c(C)c2c(=O)o1. The molecule has 6 nitrogen and oxygen atoms in total. The summed E-state index contributed by atoms with van der Waals surface area (Å²) in [4.78, 5) is 30.2. The summed E-state index contributed by atoms with van der Waals surface area (Å²) in [5.74, 6) is 0.204. The number of aryl methyl sites for hydroxylation is 1. The number of carbonyl (C=O) groups is 1. The summed E-state index contributed by atoms with van der Waals surface area (Å²) >= 11 is 1.24. The van der Waals surface area contributed by atoms with Gasteiger partial charge in [-0.05, 0) is 24.8 Å². The highest BCUT2D eigenvalue weighted by Crippen LogP contribution is 2.28. The molecule has 7 heteroatoms. The Morgan fingerprint density at radius 1 is 1.19 bits per heavy atom. The Morgan fingerprint density at radius 3 is 2.59 bits per heavy atom. The molecule has 0 saturated heterocycles. The molecule has 0 saturated carbocycles. The molecular formula is C20H31N3O3S. The molecule has 2 rings (SSSR count). The average molecular weight is 394 g/mol. The second kappa shape index (κ2) is 10.4. The van der Waals surface area contributed by atoms with Crippen molar-refractivity contribution < 1.29 is 9.21 Å². The number of amides is 1. The third-order valence-electron chi connectivity index (χ3n) is 4.41. The van der Waals surface area contributed by atoms with Gasteiger partial charge in [0.05, 0.1) is 4.88 Å². The van der Waals surface area contributed by atoms with Crippen LogP contribution >= 0.6 is 11.3 Å². The van der Waals surface area contributed by atoms with E-state index in [0.29, 0.717) is 33.1 Å². The lowest BCUT2D eigenvalue weighted by Gasteiger charge is -2.06. The first-order valence-electron chi connectivity index (χ1n) is 9.90. The molecule has 0 fully saturated rings. The zero-order valence-electron chi connectivity index (χ0n) is 16.8. The van der Waals surface area contributed by atoms with Crippen molar-refractivity contribution in [2.24, 2.45) is 5.92 Å². The topological polar surface area (TPSA) is 84.2 Å². The van der Waals surface area contributed by atoms with E-state index in [4.69, 9.17) is 4.42 Å². The summed E-state index contributed by atoms with van der Waals surface area (Å²) in [5.41, 5.74) is 0.196. The molecule has 0 aliphatic rings. The van der Waals surface area contributed by atoms with E-state index in [9.17, 15) is 9.59 Å². The van der Waals surface area contributed by atoms with Gasteiger partial charge in [-0.3, -0.25) is 4.79 Å². The molecule has 0 aromatic carbocycles. The fourth-order valence-electron chi connectivity index (χ4n) is 2.84. The summed E-state index contributed by atoms with van der Waals surface area (Å²) in [5, 5.41) is 6.39. The lowest BCUT2D eigenvalue weighted by atomic mass is 10.1. The fraction of sp³-hybridized carbons (Fsp3) is 0.650. The first kappa shape index (κ1) is 21.4. The monoisotopic (exact) mass is 393 g/mol. The van der Waals surface area contributed by atoms with Crippen LogP contribution in [0.1, 0.15) is 74.5 Å². The highest BCUT2D eigenvalue weighted by atomic mass is 32.1. The van der Waals surface area contributed by atoms with Crippen molar-refractivity contribution in [2.75, 3.05) is 18.4 Å². The molecular weight excluding hydrogens is 362 g/mol. The molecule has 0 spiro atoms. The zero-order valence-corrected chi connectivity index (χ0v) is 17.6. The van der Waals surface area contributed by atoms with Crippen molar-refractivity contribution in [3.8, 4) is 0 Å². The van der Waals surface area contributed by atoms with Crippen LogP contribution in [0.4, 0.5) is 6.01 Å². The number of hydrogen-bond acceptors (Lipinski definition) is 6. The average Bonchev–Trinajstić information content (AvgIpc) is 2.96. The molecule has 150 valence electrons. The van der Waals surface area contributed by atoms with Gasteiger partial charge >= 0.3 is 5.63 Å². The molecule has 0 aliphatic carbocycles. The third-order valence-corrected chi connectivity index (χ3v) is 5.59. The van der Waals surface area contributed by atoms with Crippen molar-refractivity contribution >= 4 is 33.5 Å². The second-order valence-electron chi connectivity index (χ2n) is 7.34. The predicted molar refractivity (Wildman–Crippen MR) is 112 cm³/mol. The second-order valence-corrected chi connectivity index (χ2v) is 8.34. The van der Waals surface area contributed by atoms with E-state index < -0.39 is 5.63 Å². The molecule has 2 heterocycles. The number of carbonyl (C=O) groups excluding carboxylic acids is 1. The van der Waals surface area contributed by atoms with Gasteiger partial charge in [0.1, 0.15) is 10.2 Å². The molecule has 0 unspecified atom stereocenters. The van der Waals surface area contributed by atoms with Gasteiger partial charge in [-0.1, -0.05) is 52.9 Å². The molecule has 1 amide bonds. The molecule has 0 bridgehead atoms. The van der Waals surface area contributed by atoms with Gasteiger partial charge in [-0.25, -0.2) is 4.79 Å². The van der Waals surface area contributed by atoms with Crippen LogP contribution in [0.5, 0.6) is 0 Å². The van der Waals surface area contributed by atoms with Crippen LogP contribution in [0, 0.1) is 12.8 Å². The van der Waals surface area contributed by atoms with Crippen molar-refractivity contribution in [2.45, 2.75) is 66.2 Å². The van der Waals surface area contributed by atoms with Crippen LogP contribution in [0.2, 0.25) is 0 Å². The van der Waals surface area contributed by atoms with Crippen LogP contribution in [0.3, 0.4) is 0 Å². The number of thiophene rings is 1. The minimum absolute atomic E-state index is 0.162. The number of hydrogen-bond donors (Lipinski definition) is 2. The molecule has 0 aliphatic heterocycles. The number of anilines is 1. The van der Waals surface area contributed by atoms with Gasteiger partial charge in [-0.15, -0.1) is 11.3 Å². The maximum atomic E-state index is 12.4. The van der Waals surface area contributed by atoms with Crippen molar-refractivity contribution in [3.05, 3.63) is 20.9 Å². The Kier molecular flexibility index (Phi) is 8.28. The largest absolute Gasteiger partial charge is 0.389 e. The van der Waals surface area contributed by atoms with Gasteiger partial charge < -0.3 is 15.1 Å². The predicted octanol–water partition coefficient (Wildman–Crippen LogP) is 4.72. The maximum Gasteiger partial charge on any atom is 0.349 e. The Balaban J connectivity index is 2.03. The standard InChI is InChI=1S/C20H31N3O3S/c1-5-6-7-8-9-10-11-21-20-23-18-15(19(25)26-20)14(4)16(27-18)17(24)22-12-13(2)3/h13H,5-12H2,1-4H3,(H,21,23)(H,22,24). The molecule has 0 radical (unpaired) electrons. The van der Waals surface area contributed by atoms with Crippen molar-refractivity contribution in [1.29, 1.82) is 0 Å².